The van der Waals surface area contributed by atoms with Crippen molar-refractivity contribution in [3.05, 3.63) is 15.8 Å². The van der Waals surface area contributed by atoms with Crippen molar-refractivity contribution in [1.29, 1.82) is 0 Å². The molecule has 7 nitrogen and oxygen atoms in total. The molecule has 1 saturated heterocycles. The van der Waals surface area contributed by atoms with Gasteiger partial charge in [0, 0.05) is 31.2 Å². The second-order valence-electron chi connectivity index (χ2n) is 5.86. The maximum atomic E-state index is 11.4. The Balaban J connectivity index is 2.55. The molecular formula is C13H23N5O2. The predicted molar refractivity (Wildman–Crippen MR) is 78.3 cm³/mol. The monoisotopic (exact) mass is 281 g/mol. The number of rotatable bonds is 3. The third-order valence-corrected chi connectivity index (χ3v) is 3.74. The first kappa shape index (κ1) is 14.8. The van der Waals surface area contributed by atoms with Crippen LogP contribution in [0.25, 0.3) is 0 Å². The maximum Gasteiger partial charge on any atom is 0.333 e. The number of hydrogen-bond donors (Lipinski definition) is 1. The van der Waals surface area contributed by atoms with Crippen molar-refractivity contribution in [3.8, 4) is 0 Å². The number of aromatic nitrogens is 2. The van der Waals surface area contributed by atoms with Crippen LogP contribution in [0.1, 0.15) is 39.4 Å². The molecule has 112 valence electrons. The first-order valence-electron chi connectivity index (χ1n) is 7.06. The van der Waals surface area contributed by atoms with E-state index in [-0.39, 0.29) is 22.7 Å². The van der Waals surface area contributed by atoms with E-state index in [1.54, 1.807) is 11.6 Å². The molecule has 0 radical (unpaired) electrons. The van der Waals surface area contributed by atoms with E-state index in [9.17, 15) is 10.1 Å². The van der Waals surface area contributed by atoms with Crippen molar-refractivity contribution in [2.24, 2.45) is 0 Å². The molecule has 20 heavy (non-hydrogen) atoms. The van der Waals surface area contributed by atoms with Crippen molar-refractivity contribution >= 4 is 11.5 Å². The Labute approximate surface area is 119 Å². The molecule has 1 aromatic rings. The SMILES string of the molecule is Cc1nn(C(C)C)c(N2CC(C)NCC2C)c1[N+](=O)[O-]. The zero-order valence-corrected chi connectivity index (χ0v) is 12.8. The fraction of sp³-hybridized carbons (Fsp3) is 0.769. The van der Waals surface area contributed by atoms with Crippen LogP contribution in [-0.2, 0) is 0 Å². The van der Waals surface area contributed by atoms with Gasteiger partial charge in [0.15, 0.2) is 0 Å². The van der Waals surface area contributed by atoms with E-state index in [1.165, 1.54) is 0 Å². The zero-order chi connectivity index (χ0) is 15.0. The lowest BCUT2D eigenvalue weighted by atomic mass is 10.1. The molecule has 2 unspecified atom stereocenters. The third kappa shape index (κ3) is 2.49. The molecule has 2 atom stereocenters. The highest BCUT2D eigenvalue weighted by Gasteiger charge is 2.35. The summed E-state index contributed by atoms with van der Waals surface area (Å²) in [6, 6.07) is 0.606. The fourth-order valence-corrected chi connectivity index (χ4v) is 2.68. The van der Waals surface area contributed by atoms with Gasteiger partial charge in [0.1, 0.15) is 5.69 Å². The summed E-state index contributed by atoms with van der Waals surface area (Å²) >= 11 is 0. The van der Waals surface area contributed by atoms with Crippen LogP contribution in [-0.4, -0.2) is 39.9 Å². The van der Waals surface area contributed by atoms with Gasteiger partial charge in [0.05, 0.1) is 4.92 Å². The number of nitrogens with one attached hydrogen (secondary N) is 1. The molecule has 0 aromatic carbocycles. The van der Waals surface area contributed by atoms with E-state index >= 15 is 0 Å². The Bertz CT molecular complexity index is 511. The van der Waals surface area contributed by atoms with Crippen molar-refractivity contribution in [2.75, 3.05) is 18.0 Å². The van der Waals surface area contributed by atoms with Gasteiger partial charge >= 0.3 is 5.69 Å². The van der Waals surface area contributed by atoms with Gasteiger partial charge in [0.25, 0.3) is 0 Å². The lowest BCUT2D eigenvalue weighted by molar-refractivity contribution is -0.384. The number of hydrogen-bond acceptors (Lipinski definition) is 5. The number of piperazine rings is 1. The highest BCUT2D eigenvalue weighted by Crippen LogP contribution is 2.35. The van der Waals surface area contributed by atoms with Gasteiger partial charge in [-0.15, -0.1) is 0 Å². The summed E-state index contributed by atoms with van der Waals surface area (Å²) in [5, 5.41) is 19.2. The van der Waals surface area contributed by atoms with Crippen LogP contribution in [0.2, 0.25) is 0 Å². The second kappa shape index (κ2) is 5.40. The summed E-state index contributed by atoms with van der Waals surface area (Å²) in [5.74, 6) is 0.642. The Hall–Kier alpha value is -1.63. The number of nitrogens with zero attached hydrogens (tertiary/aromatic N) is 4. The van der Waals surface area contributed by atoms with Crippen LogP contribution in [0.15, 0.2) is 0 Å². The molecule has 1 aliphatic rings. The van der Waals surface area contributed by atoms with Crippen molar-refractivity contribution in [3.63, 3.8) is 0 Å². The number of nitro groups is 1. The molecule has 0 amide bonds. The minimum atomic E-state index is -0.310. The Morgan fingerprint density at radius 1 is 1.45 bits per heavy atom. The van der Waals surface area contributed by atoms with Gasteiger partial charge in [-0.1, -0.05) is 0 Å². The van der Waals surface area contributed by atoms with Crippen LogP contribution < -0.4 is 10.2 Å². The van der Waals surface area contributed by atoms with Crippen LogP contribution in [0.4, 0.5) is 11.5 Å². The van der Waals surface area contributed by atoms with Gasteiger partial charge in [-0.2, -0.15) is 5.10 Å². The summed E-state index contributed by atoms with van der Waals surface area (Å²) < 4.78 is 1.78. The maximum absolute atomic E-state index is 11.4. The van der Waals surface area contributed by atoms with Crippen molar-refractivity contribution < 1.29 is 4.92 Å². The topological polar surface area (TPSA) is 76.2 Å². The molecule has 1 N–H and O–H groups in total. The zero-order valence-electron chi connectivity index (χ0n) is 12.8. The summed E-state index contributed by atoms with van der Waals surface area (Å²) in [6.07, 6.45) is 0. The molecular weight excluding hydrogens is 258 g/mol. The third-order valence-electron chi connectivity index (χ3n) is 3.74. The van der Waals surface area contributed by atoms with Crippen molar-refractivity contribution in [2.45, 2.75) is 52.7 Å². The smallest absolute Gasteiger partial charge is 0.333 e. The first-order valence-corrected chi connectivity index (χ1v) is 7.06. The van der Waals surface area contributed by atoms with Crippen molar-refractivity contribution in [1.82, 2.24) is 15.1 Å². The second-order valence-corrected chi connectivity index (χ2v) is 5.86. The minimum absolute atomic E-state index is 0.0924. The Morgan fingerprint density at radius 2 is 2.10 bits per heavy atom. The highest BCUT2D eigenvalue weighted by atomic mass is 16.6. The molecule has 7 heteroatoms. The molecule has 0 saturated carbocycles. The summed E-state index contributed by atoms with van der Waals surface area (Å²) in [4.78, 5) is 13.2. The van der Waals surface area contributed by atoms with Gasteiger partial charge in [-0.05, 0) is 34.6 Å². The van der Waals surface area contributed by atoms with E-state index < -0.39 is 0 Å². The summed E-state index contributed by atoms with van der Waals surface area (Å²) in [7, 11) is 0. The van der Waals surface area contributed by atoms with Gasteiger partial charge < -0.3 is 10.2 Å². The van der Waals surface area contributed by atoms with E-state index in [1.807, 2.05) is 13.8 Å². The molecule has 0 aliphatic carbocycles. The van der Waals surface area contributed by atoms with Crippen LogP contribution >= 0.6 is 0 Å². The Kier molecular flexibility index (Phi) is 3.99. The predicted octanol–water partition coefficient (Wildman–Crippen LogP) is 1.87. The summed E-state index contributed by atoms with van der Waals surface area (Å²) in [6.45, 7) is 11.4. The number of aryl methyl sites for hydroxylation is 1. The molecule has 1 fully saturated rings. The molecule has 2 heterocycles. The van der Waals surface area contributed by atoms with E-state index in [4.69, 9.17) is 0 Å². The number of anilines is 1. The van der Waals surface area contributed by atoms with E-state index in [2.05, 4.69) is 29.2 Å². The highest BCUT2D eigenvalue weighted by molar-refractivity contribution is 5.62. The molecule has 0 spiro atoms. The quantitative estimate of drug-likeness (QED) is 0.676. The van der Waals surface area contributed by atoms with Crippen LogP contribution in [0.5, 0.6) is 0 Å². The average Bonchev–Trinajstić information content (AvgIpc) is 2.70. The van der Waals surface area contributed by atoms with Gasteiger partial charge in [-0.3, -0.25) is 10.1 Å². The van der Waals surface area contributed by atoms with Crippen LogP contribution in [0.3, 0.4) is 0 Å². The molecule has 2 rings (SSSR count). The van der Waals surface area contributed by atoms with Gasteiger partial charge in [0.2, 0.25) is 5.82 Å². The standard InChI is InChI=1S/C13H23N5O2/c1-8(2)17-13(12(18(19)20)11(5)15-17)16-7-9(3)14-6-10(16)4/h8-10,14H,6-7H2,1-5H3. The molecule has 0 bridgehead atoms. The van der Waals surface area contributed by atoms with E-state index in [0.29, 0.717) is 17.6 Å². The lowest BCUT2D eigenvalue weighted by Crippen LogP contribution is -2.55. The van der Waals surface area contributed by atoms with Crippen LogP contribution in [0, 0.1) is 17.0 Å². The normalized spacial score (nSPS) is 23.4. The minimum Gasteiger partial charge on any atom is -0.346 e. The lowest BCUT2D eigenvalue weighted by Gasteiger charge is -2.38. The first-order chi connectivity index (χ1) is 9.32. The van der Waals surface area contributed by atoms with Gasteiger partial charge in [-0.25, -0.2) is 4.68 Å². The fourth-order valence-electron chi connectivity index (χ4n) is 2.68. The molecule has 1 aliphatic heterocycles. The summed E-state index contributed by atoms with van der Waals surface area (Å²) in [5.41, 5.74) is 0.622. The van der Waals surface area contributed by atoms with E-state index in [0.717, 1.165) is 13.1 Å². The Morgan fingerprint density at radius 3 is 2.65 bits per heavy atom. The molecule has 1 aromatic heterocycles. The largest absolute Gasteiger partial charge is 0.346 e. The average molecular weight is 281 g/mol.